The number of halogens is 3. The van der Waals surface area contributed by atoms with E-state index in [9.17, 15) is 22.8 Å². The minimum atomic E-state index is -4.80. The van der Waals surface area contributed by atoms with Crippen LogP contribution in [0.15, 0.2) is 54.6 Å². The Hall–Kier alpha value is -3.82. The zero-order chi connectivity index (χ0) is 23.8. The molecule has 1 atom stereocenters. The monoisotopic (exact) mass is 458 g/mol. The molecule has 33 heavy (non-hydrogen) atoms. The number of rotatable bonds is 6. The van der Waals surface area contributed by atoms with Gasteiger partial charge < -0.3 is 15.3 Å². The van der Waals surface area contributed by atoms with E-state index in [1.54, 1.807) is 11.8 Å². The lowest BCUT2D eigenvalue weighted by Crippen LogP contribution is -2.31. The molecule has 2 aromatic carbocycles. The van der Waals surface area contributed by atoms with Crippen molar-refractivity contribution in [2.24, 2.45) is 0 Å². The summed E-state index contributed by atoms with van der Waals surface area (Å²) in [7, 11) is 0. The maximum Gasteiger partial charge on any atom is 0.436 e. The minimum absolute atomic E-state index is 0.0719. The number of carbonyl (C=O) groups excluding carboxylic acids is 1. The van der Waals surface area contributed by atoms with Crippen molar-refractivity contribution < 1.29 is 27.9 Å². The summed E-state index contributed by atoms with van der Waals surface area (Å²) in [5.41, 5.74) is -0.195. The third-order valence-electron chi connectivity index (χ3n) is 5.52. The Morgan fingerprint density at radius 3 is 2.36 bits per heavy atom. The van der Waals surface area contributed by atoms with E-state index < -0.39 is 35.4 Å². The number of hydrogen-bond donors (Lipinski definition) is 2. The average Bonchev–Trinajstić information content (AvgIpc) is 3.34. The van der Waals surface area contributed by atoms with Gasteiger partial charge in [0.1, 0.15) is 11.4 Å². The zero-order valence-corrected chi connectivity index (χ0v) is 17.6. The quantitative estimate of drug-likeness (QED) is 0.581. The molecule has 1 unspecified atom stereocenters. The van der Waals surface area contributed by atoms with Gasteiger partial charge in [-0.25, -0.2) is 9.48 Å². The maximum atomic E-state index is 13.8. The molecule has 1 amide bonds. The van der Waals surface area contributed by atoms with E-state index >= 15 is 0 Å². The molecule has 2 heterocycles. The van der Waals surface area contributed by atoms with Crippen LogP contribution in [-0.2, 0) is 19.3 Å². The fourth-order valence-corrected chi connectivity index (χ4v) is 3.88. The molecule has 1 aliphatic heterocycles. The summed E-state index contributed by atoms with van der Waals surface area (Å²) in [6.07, 6.45) is -4.80. The molecule has 7 nitrogen and oxygen atoms in total. The van der Waals surface area contributed by atoms with E-state index in [-0.39, 0.29) is 17.9 Å². The number of aromatic nitrogens is 2. The van der Waals surface area contributed by atoms with Gasteiger partial charge in [-0.05, 0) is 30.2 Å². The number of alkyl halides is 3. The molecule has 1 aromatic heterocycles. The number of carbonyl (C=O) groups is 2. The van der Waals surface area contributed by atoms with Crippen LogP contribution >= 0.6 is 0 Å². The van der Waals surface area contributed by atoms with Gasteiger partial charge >= 0.3 is 12.1 Å². The van der Waals surface area contributed by atoms with E-state index in [1.165, 1.54) is 28.9 Å². The summed E-state index contributed by atoms with van der Waals surface area (Å²) < 4.78 is 42.5. The summed E-state index contributed by atoms with van der Waals surface area (Å²) in [6.45, 7) is 2.63. The van der Waals surface area contributed by atoms with E-state index in [2.05, 4.69) is 10.4 Å². The van der Waals surface area contributed by atoms with E-state index in [0.717, 1.165) is 5.56 Å². The van der Waals surface area contributed by atoms with E-state index in [4.69, 9.17) is 5.11 Å². The highest BCUT2D eigenvalue weighted by Crippen LogP contribution is 2.38. The molecular formula is C23H21F3N4O3. The van der Waals surface area contributed by atoms with Crippen molar-refractivity contribution in [3.63, 3.8) is 0 Å². The number of amides is 1. The van der Waals surface area contributed by atoms with Crippen LogP contribution in [0.3, 0.4) is 0 Å². The number of benzene rings is 2. The molecule has 172 valence electrons. The minimum Gasteiger partial charge on any atom is -0.478 e. The predicted molar refractivity (Wildman–Crippen MR) is 114 cm³/mol. The summed E-state index contributed by atoms with van der Waals surface area (Å²) in [4.78, 5) is 25.9. The van der Waals surface area contributed by atoms with Crippen LogP contribution in [-0.4, -0.2) is 33.3 Å². The Balaban J connectivity index is 1.64. The molecule has 0 saturated carbocycles. The first kappa shape index (κ1) is 22.4. The fourth-order valence-electron chi connectivity index (χ4n) is 3.88. The summed E-state index contributed by atoms with van der Waals surface area (Å²) in [6, 6.07) is 14.4. The van der Waals surface area contributed by atoms with Crippen molar-refractivity contribution in [3.05, 3.63) is 82.5 Å². The SMILES string of the molecule is CC(NC(=O)c1c(C(F)(F)F)nn2c1N(Cc1ccccc1)CC2)c1ccc(C(=O)O)cc1. The lowest BCUT2D eigenvalue weighted by molar-refractivity contribution is -0.141. The van der Waals surface area contributed by atoms with Crippen molar-refractivity contribution in [1.29, 1.82) is 0 Å². The first-order valence-corrected chi connectivity index (χ1v) is 10.3. The van der Waals surface area contributed by atoms with Crippen LogP contribution in [0.4, 0.5) is 19.0 Å². The Morgan fingerprint density at radius 2 is 1.76 bits per heavy atom. The average molecular weight is 458 g/mol. The lowest BCUT2D eigenvalue weighted by Gasteiger charge is -2.21. The summed E-state index contributed by atoms with van der Waals surface area (Å²) >= 11 is 0. The molecule has 4 rings (SSSR count). The molecule has 10 heteroatoms. The topological polar surface area (TPSA) is 87.5 Å². The Kier molecular flexibility index (Phi) is 5.84. The molecule has 2 N–H and O–H groups in total. The molecule has 3 aromatic rings. The Morgan fingerprint density at radius 1 is 1.09 bits per heavy atom. The fraction of sp³-hybridized carbons (Fsp3) is 0.261. The van der Waals surface area contributed by atoms with Crippen LogP contribution in [0.25, 0.3) is 0 Å². The van der Waals surface area contributed by atoms with Gasteiger partial charge in [-0.1, -0.05) is 42.5 Å². The van der Waals surface area contributed by atoms with Gasteiger partial charge in [0.2, 0.25) is 0 Å². The van der Waals surface area contributed by atoms with Crippen LogP contribution in [0, 0.1) is 0 Å². The van der Waals surface area contributed by atoms with Gasteiger partial charge in [0.05, 0.1) is 18.2 Å². The third-order valence-corrected chi connectivity index (χ3v) is 5.52. The Bertz CT molecular complexity index is 1170. The molecule has 0 bridgehead atoms. The number of anilines is 1. The molecule has 0 saturated heterocycles. The number of nitrogens with one attached hydrogen (secondary N) is 1. The van der Waals surface area contributed by atoms with Gasteiger partial charge in [0, 0.05) is 13.1 Å². The molecule has 0 radical (unpaired) electrons. The largest absolute Gasteiger partial charge is 0.478 e. The second kappa shape index (κ2) is 8.61. The van der Waals surface area contributed by atoms with Crippen molar-refractivity contribution in [2.45, 2.75) is 32.2 Å². The number of carboxylic acid groups (broad SMARTS) is 1. The van der Waals surface area contributed by atoms with Crippen molar-refractivity contribution in [2.75, 3.05) is 11.4 Å². The zero-order valence-electron chi connectivity index (χ0n) is 17.6. The Labute approximate surface area is 187 Å². The highest BCUT2D eigenvalue weighted by molar-refractivity contribution is 6.01. The van der Waals surface area contributed by atoms with E-state index in [0.29, 0.717) is 18.7 Å². The lowest BCUT2D eigenvalue weighted by atomic mass is 10.1. The standard InChI is InChI=1S/C23H21F3N4O3/c1-14(16-7-9-17(10-8-16)22(32)33)27-20(31)18-19(23(24,25)26)28-30-12-11-29(21(18)30)13-15-5-3-2-4-6-15/h2-10,14H,11-13H2,1H3,(H,27,31)(H,32,33). The smallest absolute Gasteiger partial charge is 0.436 e. The summed E-state index contributed by atoms with van der Waals surface area (Å²) in [5.74, 6) is -1.85. The number of carboxylic acids is 1. The normalized spacial score (nSPS) is 14.1. The van der Waals surface area contributed by atoms with Gasteiger partial charge in [-0.3, -0.25) is 4.79 Å². The molecule has 0 fully saturated rings. The molecule has 0 aliphatic carbocycles. The summed E-state index contributed by atoms with van der Waals surface area (Å²) in [5, 5.41) is 15.3. The van der Waals surface area contributed by atoms with Gasteiger partial charge in [-0.15, -0.1) is 0 Å². The molecule has 1 aliphatic rings. The molecule has 0 spiro atoms. The maximum absolute atomic E-state index is 13.8. The van der Waals surface area contributed by atoms with Gasteiger partial charge in [0.15, 0.2) is 5.69 Å². The van der Waals surface area contributed by atoms with Crippen molar-refractivity contribution >= 4 is 17.7 Å². The first-order chi connectivity index (χ1) is 15.6. The first-order valence-electron chi connectivity index (χ1n) is 10.3. The van der Waals surface area contributed by atoms with Gasteiger partial charge in [0.25, 0.3) is 5.91 Å². The second-order valence-electron chi connectivity index (χ2n) is 7.80. The van der Waals surface area contributed by atoms with Crippen molar-refractivity contribution in [3.8, 4) is 0 Å². The van der Waals surface area contributed by atoms with Crippen LogP contribution < -0.4 is 10.2 Å². The second-order valence-corrected chi connectivity index (χ2v) is 7.80. The molecular weight excluding hydrogens is 437 g/mol. The third kappa shape index (κ3) is 4.55. The number of hydrogen-bond acceptors (Lipinski definition) is 4. The van der Waals surface area contributed by atoms with Crippen LogP contribution in [0.5, 0.6) is 0 Å². The van der Waals surface area contributed by atoms with Gasteiger partial charge in [-0.2, -0.15) is 18.3 Å². The number of fused-ring (bicyclic) bond motifs is 1. The number of nitrogens with zero attached hydrogens (tertiary/aromatic N) is 3. The van der Waals surface area contributed by atoms with E-state index in [1.807, 2.05) is 30.3 Å². The number of aromatic carboxylic acids is 1. The highest BCUT2D eigenvalue weighted by atomic mass is 19.4. The predicted octanol–water partition coefficient (Wildman–Crippen LogP) is 4.11. The highest BCUT2D eigenvalue weighted by Gasteiger charge is 2.44. The van der Waals surface area contributed by atoms with Crippen molar-refractivity contribution in [1.82, 2.24) is 15.1 Å². The van der Waals surface area contributed by atoms with Crippen LogP contribution in [0.2, 0.25) is 0 Å². The van der Waals surface area contributed by atoms with Crippen LogP contribution in [0.1, 0.15) is 50.5 Å².